The summed E-state index contributed by atoms with van der Waals surface area (Å²) in [6.45, 7) is 2.29. The smallest absolute Gasteiger partial charge is 0.330 e. The highest BCUT2D eigenvalue weighted by atomic mass is 32.2. The zero-order valence-electron chi connectivity index (χ0n) is 6.29. The summed E-state index contributed by atoms with van der Waals surface area (Å²) in [6.07, 6.45) is 5.06. The fourth-order valence-electron chi connectivity index (χ4n) is 0.410. The Morgan fingerprint density at radius 3 is 2.90 bits per heavy atom. The van der Waals surface area contributed by atoms with Crippen LogP contribution < -0.4 is 0 Å². The van der Waals surface area contributed by atoms with Crippen molar-refractivity contribution in [2.24, 2.45) is 0 Å². The maximum atomic E-state index is 10.6. The Kier molecular flexibility index (Phi) is 6.38. The van der Waals surface area contributed by atoms with Crippen molar-refractivity contribution in [1.82, 2.24) is 0 Å². The van der Waals surface area contributed by atoms with Crippen molar-refractivity contribution in [3.8, 4) is 0 Å². The van der Waals surface area contributed by atoms with Crippen LogP contribution in [-0.4, -0.2) is 24.6 Å². The van der Waals surface area contributed by atoms with Crippen LogP contribution in [0.2, 0.25) is 0 Å². The summed E-state index contributed by atoms with van der Waals surface area (Å²) in [5.74, 6) is 0.611. The second-order valence-electron chi connectivity index (χ2n) is 1.66. The molecule has 0 aliphatic heterocycles. The Morgan fingerprint density at radius 1 is 1.70 bits per heavy atom. The SMILES string of the molecule is CC=CC(=O)OCCSC. The maximum Gasteiger partial charge on any atom is 0.330 e. The number of thioether (sulfide) groups is 1. The third-order valence-electron chi connectivity index (χ3n) is 0.835. The number of carbonyl (C=O) groups is 1. The number of rotatable bonds is 4. The zero-order valence-corrected chi connectivity index (χ0v) is 7.11. The van der Waals surface area contributed by atoms with Crippen LogP contribution in [0.15, 0.2) is 12.2 Å². The summed E-state index contributed by atoms with van der Waals surface area (Å²) in [4.78, 5) is 10.6. The van der Waals surface area contributed by atoms with E-state index in [2.05, 4.69) is 0 Å². The molecule has 0 aromatic rings. The molecule has 0 aliphatic carbocycles. The third-order valence-corrected chi connectivity index (χ3v) is 1.41. The highest BCUT2D eigenvalue weighted by Gasteiger charge is 1.92. The molecule has 0 aliphatic rings. The minimum atomic E-state index is -0.253. The molecule has 10 heavy (non-hydrogen) atoms. The summed E-state index contributed by atoms with van der Waals surface area (Å²) in [7, 11) is 0. The Bertz CT molecular complexity index is 121. The Balaban J connectivity index is 3.22. The van der Waals surface area contributed by atoms with Gasteiger partial charge in [0.05, 0.1) is 0 Å². The molecule has 0 saturated heterocycles. The molecule has 3 heteroatoms. The molecular formula is C7H12O2S. The van der Waals surface area contributed by atoms with Gasteiger partial charge in [-0.1, -0.05) is 6.08 Å². The predicted molar refractivity (Wildman–Crippen MR) is 44.2 cm³/mol. The van der Waals surface area contributed by atoms with Gasteiger partial charge >= 0.3 is 5.97 Å². The van der Waals surface area contributed by atoms with Crippen molar-refractivity contribution < 1.29 is 9.53 Å². The Hall–Kier alpha value is -0.440. The highest BCUT2D eigenvalue weighted by Crippen LogP contribution is 1.91. The van der Waals surface area contributed by atoms with Gasteiger partial charge in [-0.2, -0.15) is 11.8 Å². The van der Waals surface area contributed by atoms with Crippen LogP contribution in [0.3, 0.4) is 0 Å². The molecule has 0 spiro atoms. The number of ether oxygens (including phenoxy) is 1. The lowest BCUT2D eigenvalue weighted by Crippen LogP contribution is -2.03. The number of carbonyl (C=O) groups excluding carboxylic acids is 1. The number of hydrogen-bond acceptors (Lipinski definition) is 3. The minimum Gasteiger partial charge on any atom is -0.462 e. The van der Waals surface area contributed by atoms with E-state index in [1.54, 1.807) is 24.8 Å². The van der Waals surface area contributed by atoms with Crippen LogP contribution in [-0.2, 0) is 9.53 Å². The van der Waals surface area contributed by atoms with Crippen LogP contribution in [0.5, 0.6) is 0 Å². The third kappa shape index (κ3) is 5.69. The van der Waals surface area contributed by atoms with E-state index in [0.29, 0.717) is 6.61 Å². The lowest BCUT2D eigenvalue weighted by molar-refractivity contribution is -0.137. The molecule has 0 bridgehead atoms. The molecule has 0 aromatic carbocycles. The largest absolute Gasteiger partial charge is 0.462 e. The Morgan fingerprint density at radius 2 is 2.40 bits per heavy atom. The van der Waals surface area contributed by atoms with Gasteiger partial charge in [0.2, 0.25) is 0 Å². The number of allylic oxidation sites excluding steroid dienone is 1. The van der Waals surface area contributed by atoms with E-state index in [-0.39, 0.29) is 5.97 Å². The normalized spacial score (nSPS) is 10.2. The van der Waals surface area contributed by atoms with Crippen LogP contribution in [0, 0.1) is 0 Å². The molecule has 0 radical (unpaired) electrons. The lowest BCUT2D eigenvalue weighted by atomic mass is 10.5. The maximum absolute atomic E-state index is 10.6. The predicted octanol–water partition coefficient (Wildman–Crippen LogP) is 1.47. The molecule has 58 valence electrons. The molecule has 0 heterocycles. The number of esters is 1. The van der Waals surface area contributed by atoms with Crippen molar-refractivity contribution in [2.75, 3.05) is 18.6 Å². The van der Waals surface area contributed by atoms with Gasteiger partial charge in [0.1, 0.15) is 6.61 Å². The van der Waals surface area contributed by atoms with Crippen LogP contribution in [0.1, 0.15) is 6.92 Å². The summed E-state index contributed by atoms with van der Waals surface area (Å²) in [5.41, 5.74) is 0. The van der Waals surface area contributed by atoms with E-state index in [4.69, 9.17) is 4.74 Å². The molecular weight excluding hydrogens is 148 g/mol. The monoisotopic (exact) mass is 160 g/mol. The van der Waals surface area contributed by atoms with Crippen LogP contribution in [0.25, 0.3) is 0 Å². The second kappa shape index (κ2) is 6.68. The molecule has 0 rings (SSSR count). The zero-order chi connectivity index (χ0) is 7.82. The fraction of sp³-hybridized carbons (Fsp3) is 0.571. The van der Waals surface area contributed by atoms with Gasteiger partial charge in [0.25, 0.3) is 0 Å². The minimum absolute atomic E-state index is 0.253. The van der Waals surface area contributed by atoms with E-state index in [1.165, 1.54) is 6.08 Å². The summed E-state index contributed by atoms with van der Waals surface area (Å²) in [5, 5.41) is 0. The second-order valence-corrected chi connectivity index (χ2v) is 2.65. The lowest BCUT2D eigenvalue weighted by Gasteiger charge is -1.97. The molecule has 0 atom stereocenters. The van der Waals surface area contributed by atoms with Crippen molar-refractivity contribution in [1.29, 1.82) is 0 Å². The Labute approximate surface area is 65.6 Å². The van der Waals surface area contributed by atoms with Crippen molar-refractivity contribution in [2.45, 2.75) is 6.92 Å². The molecule has 0 saturated carbocycles. The topological polar surface area (TPSA) is 26.3 Å². The summed E-state index contributed by atoms with van der Waals surface area (Å²) < 4.78 is 4.78. The first-order valence-corrected chi connectivity index (χ1v) is 4.49. The van der Waals surface area contributed by atoms with Gasteiger partial charge in [-0.15, -0.1) is 0 Å². The summed E-state index contributed by atoms with van der Waals surface area (Å²) >= 11 is 1.66. The van der Waals surface area contributed by atoms with Gasteiger partial charge in [-0.25, -0.2) is 4.79 Å². The average molecular weight is 160 g/mol. The van der Waals surface area contributed by atoms with E-state index in [1.807, 2.05) is 6.26 Å². The first-order chi connectivity index (χ1) is 4.81. The van der Waals surface area contributed by atoms with Gasteiger partial charge in [0, 0.05) is 11.8 Å². The molecule has 0 fully saturated rings. The van der Waals surface area contributed by atoms with Gasteiger partial charge < -0.3 is 4.74 Å². The number of hydrogen-bond donors (Lipinski definition) is 0. The van der Waals surface area contributed by atoms with Gasteiger partial charge in [-0.3, -0.25) is 0 Å². The fourth-order valence-corrected chi connectivity index (χ4v) is 0.660. The van der Waals surface area contributed by atoms with Crippen LogP contribution >= 0.6 is 11.8 Å². The van der Waals surface area contributed by atoms with Gasteiger partial charge in [0.15, 0.2) is 0 Å². The molecule has 2 nitrogen and oxygen atoms in total. The molecule has 0 unspecified atom stereocenters. The van der Waals surface area contributed by atoms with E-state index < -0.39 is 0 Å². The molecule has 0 amide bonds. The van der Waals surface area contributed by atoms with Crippen LogP contribution in [0.4, 0.5) is 0 Å². The van der Waals surface area contributed by atoms with E-state index in [0.717, 1.165) is 5.75 Å². The standard InChI is InChI=1S/C7H12O2S/c1-3-4-7(8)9-5-6-10-2/h3-4H,5-6H2,1-2H3. The first kappa shape index (κ1) is 9.56. The van der Waals surface area contributed by atoms with E-state index >= 15 is 0 Å². The highest BCUT2D eigenvalue weighted by molar-refractivity contribution is 7.98. The van der Waals surface area contributed by atoms with Crippen molar-refractivity contribution in [3.63, 3.8) is 0 Å². The van der Waals surface area contributed by atoms with Crippen molar-refractivity contribution in [3.05, 3.63) is 12.2 Å². The molecule has 0 aromatic heterocycles. The van der Waals surface area contributed by atoms with E-state index in [9.17, 15) is 4.79 Å². The molecule has 0 N–H and O–H groups in total. The average Bonchev–Trinajstić information content (AvgIpc) is 1.89. The summed E-state index contributed by atoms with van der Waals surface area (Å²) in [6, 6.07) is 0. The first-order valence-electron chi connectivity index (χ1n) is 3.09. The quantitative estimate of drug-likeness (QED) is 0.354. The van der Waals surface area contributed by atoms with Crippen molar-refractivity contribution >= 4 is 17.7 Å². The van der Waals surface area contributed by atoms with Gasteiger partial charge in [-0.05, 0) is 13.2 Å².